The first-order valence-corrected chi connectivity index (χ1v) is 13.0. The lowest BCUT2D eigenvalue weighted by molar-refractivity contribution is -0.147. The van der Waals surface area contributed by atoms with Gasteiger partial charge in [-0.15, -0.1) is 0 Å². The van der Waals surface area contributed by atoms with Gasteiger partial charge >= 0.3 is 24.7 Å². The van der Waals surface area contributed by atoms with Crippen LogP contribution in [-0.2, 0) is 38.7 Å². The summed E-state index contributed by atoms with van der Waals surface area (Å²) < 4.78 is 196. The molecule has 2 aromatic rings. The van der Waals surface area contributed by atoms with Crippen LogP contribution in [0.5, 0.6) is 0 Å². The van der Waals surface area contributed by atoms with Crippen molar-refractivity contribution in [3.05, 3.63) is 30.3 Å². The molecule has 0 saturated carbocycles. The number of rotatable bonds is 11. The fourth-order valence-electron chi connectivity index (χ4n) is 2.50. The standard InChI is InChI=1S/C16H12F8O9S3/c17-13(18)15(21,22)6-32-35(28,29)11-9-4-2-1-3-8(9)5-10(34(25,26)27)12(11)36(30,31)33-7-16(23,24)14(19)20/h1-5,13-14H,6-7H2,(H,25,26,27)/p-1. The van der Waals surface area contributed by atoms with Crippen molar-refractivity contribution < 1.29 is 73.3 Å². The highest BCUT2D eigenvalue weighted by molar-refractivity contribution is 7.91. The lowest BCUT2D eigenvalue weighted by Crippen LogP contribution is -2.34. The van der Waals surface area contributed by atoms with E-state index in [1.807, 2.05) is 0 Å². The summed E-state index contributed by atoms with van der Waals surface area (Å²) in [4.78, 5) is -6.17. The SMILES string of the molecule is O=S(=O)([O-])c1cc2ccccc2c(S(=O)(=O)OCC(F)(F)C(F)F)c1S(=O)(=O)OCC(F)(F)C(F)F. The molecule has 0 spiro atoms. The van der Waals surface area contributed by atoms with E-state index in [4.69, 9.17) is 0 Å². The molecule has 204 valence electrons. The zero-order valence-corrected chi connectivity index (χ0v) is 19.3. The van der Waals surface area contributed by atoms with Crippen molar-refractivity contribution in [2.45, 2.75) is 39.4 Å². The van der Waals surface area contributed by atoms with Crippen molar-refractivity contribution in [3.8, 4) is 0 Å². The first-order valence-electron chi connectivity index (χ1n) is 8.76. The normalized spacial score (nSPS) is 14.2. The molecule has 2 rings (SSSR count). The van der Waals surface area contributed by atoms with Crippen LogP contribution in [-0.4, -0.2) is 67.7 Å². The van der Waals surface area contributed by atoms with Gasteiger partial charge in [0.2, 0.25) is 0 Å². The molecule has 9 nitrogen and oxygen atoms in total. The van der Waals surface area contributed by atoms with E-state index in [9.17, 15) is 64.9 Å². The molecule has 0 aliphatic heterocycles. The van der Waals surface area contributed by atoms with Gasteiger partial charge in [0.1, 0.15) is 33.1 Å². The molecule has 0 fully saturated rings. The topological polar surface area (TPSA) is 144 Å². The maximum Gasteiger partial charge on any atom is 0.331 e. The molecule has 0 heterocycles. The van der Waals surface area contributed by atoms with Gasteiger partial charge in [0.05, 0.1) is 4.90 Å². The van der Waals surface area contributed by atoms with E-state index in [1.54, 1.807) is 0 Å². The Bertz CT molecular complexity index is 1460. The lowest BCUT2D eigenvalue weighted by atomic mass is 10.1. The Morgan fingerprint density at radius 3 is 1.58 bits per heavy atom. The average molecular weight is 595 g/mol. The fraction of sp³-hybridized carbons (Fsp3) is 0.375. The minimum Gasteiger partial charge on any atom is -0.744 e. The number of fused-ring (bicyclic) bond motifs is 1. The molecule has 36 heavy (non-hydrogen) atoms. The van der Waals surface area contributed by atoms with Gasteiger partial charge in [-0.1, -0.05) is 24.3 Å². The lowest BCUT2D eigenvalue weighted by Gasteiger charge is -2.21. The maximum atomic E-state index is 13.3. The van der Waals surface area contributed by atoms with Crippen molar-refractivity contribution in [2.24, 2.45) is 0 Å². The molecular formula is C16H11F8O9S3-. The van der Waals surface area contributed by atoms with E-state index in [-0.39, 0.29) is 6.07 Å². The number of alkyl halides is 8. The van der Waals surface area contributed by atoms with Gasteiger partial charge in [0, 0.05) is 5.39 Å². The van der Waals surface area contributed by atoms with Gasteiger partial charge in [0.25, 0.3) is 20.2 Å². The molecule has 2 aromatic carbocycles. The Morgan fingerprint density at radius 2 is 1.17 bits per heavy atom. The van der Waals surface area contributed by atoms with Crippen LogP contribution in [0.2, 0.25) is 0 Å². The Kier molecular flexibility index (Phi) is 8.33. The highest BCUT2D eigenvalue weighted by Crippen LogP contribution is 2.38. The van der Waals surface area contributed by atoms with Crippen LogP contribution in [0.15, 0.2) is 45.0 Å². The van der Waals surface area contributed by atoms with E-state index in [1.165, 1.54) is 0 Å². The maximum absolute atomic E-state index is 13.3. The zero-order chi connectivity index (χ0) is 27.9. The predicted molar refractivity (Wildman–Crippen MR) is 100 cm³/mol. The summed E-state index contributed by atoms with van der Waals surface area (Å²) in [5, 5.41) is -1.44. The highest BCUT2D eigenvalue weighted by Gasteiger charge is 2.46. The zero-order valence-electron chi connectivity index (χ0n) is 16.9. The highest BCUT2D eigenvalue weighted by atomic mass is 32.2. The monoisotopic (exact) mass is 595 g/mol. The van der Waals surface area contributed by atoms with Gasteiger partial charge in [-0.3, -0.25) is 8.37 Å². The van der Waals surface area contributed by atoms with Crippen molar-refractivity contribution in [1.29, 1.82) is 0 Å². The minimum absolute atomic E-state index is 0.242. The van der Waals surface area contributed by atoms with Crippen LogP contribution in [0, 0.1) is 0 Å². The first-order chi connectivity index (χ1) is 16.1. The molecule has 0 saturated heterocycles. The summed E-state index contributed by atoms with van der Waals surface area (Å²) in [5.41, 5.74) is 0. The summed E-state index contributed by atoms with van der Waals surface area (Å²) in [6, 6.07) is 3.91. The second kappa shape index (κ2) is 9.97. The smallest absolute Gasteiger partial charge is 0.331 e. The number of hydrogen-bond donors (Lipinski definition) is 0. The minimum atomic E-state index is -6.20. The molecule has 0 aromatic heterocycles. The van der Waals surface area contributed by atoms with E-state index < -0.39 is 93.7 Å². The summed E-state index contributed by atoms with van der Waals surface area (Å²) in [6.45, 7) is -5.29. The first kappa shape index (κ1) is 30.1. The van der Waals surface area contributed by atoms with E-state index >= 15 is 0 Å². The Hall–Kier alpha value is -2.13. The van der Waals surface area contributed by atoms with Crippen molar-refractivity contribution in [1.82, 2.24) is 0 Å². The molecule has 0 radical (unpaired) electrons. The van der Waals surface area contributed by atoms with Crippen LogP contribution in [0.3, 0.4) is 0 Å². The van der Waals surface area contributed by atoms with Crippen LogP contribution in [0.1, 0.15) is 0 Å². The van der Waals surface area contributed by atoms with Crippen LogP contribution < -0.4 is 0 Å². The third kappa shape index (κ3) is 6.40. The second-order valence-electron chi connectivity index (χ2n) is 6.76. The Balaban J connectivity index is 2.91. The Labute approximate surface area is 197 Å². The molecule has 0 aliphatic carbocycles. The molecule has 0 unspecified atom stereocenters. The molecule has 0 bridgehead atoms. The molecule has 20 heteroatoms. The van der Waals surface area contributed by atoms with Gasteiger partial charge in [-0.25, -0.2) is 26.0 Å². The van der Waals surface area contributed by atoms with Crippen LogP contribution >= 0.6 is 0 Å². The van der Waals surface area contributed by atoms with E-state index in [0.717, 1.165) is 18.2 Å². The molecule has 0 N–H and O–H groups in total. The molecule has 0 atom stereocenters. The van der Waals surface area contributed by atoms with E-state index in [0.29, 0.717) is 6.07 Å². The molecule has 0 amide bonds. The predicted octanol–water partition coefficient (Wildman–Crippen LogP) is 2.96. The van der Waals surface area contributed by atoms with Crippen LogP contribution in [0.25, 0.3) is 10.8 Å². The average Bonchev–Trinajstić information content (AvgIpc) is 2.74. The molecule has 0 aliphatic rings. The largest absolute Gasteiger partial charge is 0.744 e. The van der Waals surface area contributed by atoms with Crippen molar-refractivity contribution in [3.63, 3.8) is 0 Å². The fourth-order valence-corrected chi connectivity index (χ4v) is 6.68. The quantitative estimate of drug-likeness (QED) is 0.218. The van der Waals surface area contributed by atoms with E-state index in [2.05, 4.69) is 8.37 Å². The number of hydrogen-bond acceptors (Lipinski definition) is 9. The molecular weight excluding hydrogens is 584 g/mol. The van der Waals surface area contributed by atoms with Gasteiger partial charge in [0.15, 0.2) is 0 Å². The van der Waals surface area contributed by atoms with Gasteiger partial charge < -0.3 is 4.55 Å². The Morgan fingerprint density at radius 1 is 0.750 bits per heavy atom. The van der Waals surface area contributed by atoms with Crippen LogP contribution in [0.4, 0.5) is 35.1 Å². The van der Waals surface area contributed by atoms with Crippen molar-refractivity contribution >= 4 is 41.1 Å². The summed E-state index contributed by atoms with van der Waals surface area (Å²) in [6.07, 6.45) is -9.00. The second-order valence-corrected chi connectivity index (χ2v) is 11.2. The van der Waals surface area contributed by atoms with Crippen molar-refractivity contribution in [2.75, 3.05) is 13.2 Å². The summed E-state index contributed by atoms with van der Waals surface area (Å²) in [5.74, 6) is -10.3. The summed E-state index contributed by atoms with van der Waals surface area (Å²) in [7, 11) is -18.3. The summed E-state index contributed by atoms with van der Waals surface area (Å²) >= 11 is 0. The third-order valence-electron chi connectivity index (χ3n) is 4.14. The van der Waals surface area contributed by atoms with Gasteiger partial charge in [-0.2, -0.15) is 34.4 Å². The number of halogens is 8. The third-order valence-corrected chi connectivity index (χ3v) is 7.97. The number of benzene rings is 2. The van der Waals surface area contributed by atoms with Gasteiger partial charge in [-0.05, 0) is 11.5 Å².